The van der Waals surface area contributed by atoms with Gasteiger partial charge in [0.05, 0.1) is 11.8 Å². The minimum atomic E-state index is -0.0352. The summed E-state index contributed by atoms with van der Waals surface area (Å²) < 4.78 is 6.38. The number of hydrogen-bond acceptors (Lipinski definition) is 5. The van der Waals surface area contributed by atoms with Crippen molar-refractivity contribution in [1.82, 2.24) is 15.0 Å². The van der Waals surface area contributed by atoms with E-state index in [1.807, 2.05) is 39.0 Å². The second kappa shape index (κ2) is 6.37. The molecule has 0 amide bonds. The van der Waals surface area contributed by atoms with Gasteiger partial charge in [0.2, 0.25) is 11.2 Å². The Hall–Kier alpha value is -1.40. The van der Waals surface area contributed by atoms with E-state index in [9.17, 15) is 0 Å². The third kappa shape index (κ3) is 3.80. The lowest BCUT2D eigenvalue weighted by molar-refractivity contribution is 0.222. The van der Waals surface area contributed by atoms with Gasteiger partial charge in [-0.05, 0) is 59.9 Å². The number of anilines is 2. The average molecular weight is 358 g/mol. The molecule has 2 rings (SSSR count). The maximum atomic E-state index is 5.88. The molecule has 0 saturated carbocycles. The molecular weight excluding hydrogens is 344 g/mol. The van der Waals surface area contributed by atoms with E-state index < -0.39 is 0 Å². The molecule has 2 aromatic rings. The molecule has 1 aromatic heterocycles. The SMILES string of the molecule is Cc1cccc(Nc2nc(Cl)nc(OC(C)C)n2)c1Br. The van der Waals surface area contributed by atoms with Gasteiger partial charge in [0, 0.05) is 4.47 Å². The number of ether oxygens (including phenoxy) is 1. The number of nitrogens with zero attached hydrogens (tertiary/aromatic N) is 3. The summed E-state index contributed by atoms with van der Waals surface area (Å²) in [4.78, 5) is 12.1. The van der Waals surface area contributed by atoms with Crippen molar-refractivity contribution in [2.75, 3.05) is 5.32 Å². The molecule has 0 bridgehead atoms. The Morgan fingerprint density at radius 2 is 2.00 bits per heavy atom. The van der Waals surface area contributed by atoms with Gasteiger partial charge < -0.3 is 10.1 Å². The Morgan fingerprint density at radius 3 is 2.70 bits per heavy atom. The van der Waals surface area contributed by atoms with Gasteiger partial charge in [-0.25, -0.2) is 0 Å². The smallest absolute Gasteiger partial charge is 0.322 e. The number of nitrogens with one attached hydrogen (secondary N) is 1. The van der Waals surface area contributed by atoms with Gasteiger partial charge in [-0.15, -0.1) is 0 Å². The summed E-state index contributed by atoms with van der Waals surface area (Å²) in [6.45, 7) is 5.78. The van der Waals surface area contributed by atoms with Crippen LogP contribution in [0.4, 0.5) is 11.6 Å². The van der Waals surface area contributed by atoms with Crippen molar-refractivity contribution >= 4 is 39.2 Å². The first-order valence-electron chi connectivity index (χ1n) is 6.06. The summed E-state index contributed by atoms with van der Waals surface area (Å²) in [5.41, 5.74) is 1.96. The van der Waals surface area contributed by atoms with Gasteiger partial charge in [-0.2, -0.15) is 15.0 Å². The van der Waals surface area contributed by atoms with Crippen LogP contribution >= 0.6 is 27.5 Å². The normalized spacial score (nSPS) is 10.7. The van der Waals surface area contributed by atoms with Crippen LogP contribution in [0, 0.1) is 6.92 Å². The Balaban J connectivity index is 2.29. The Bertz CT molecular complexity index is 621. The van der Waals surface area contributed by atoms with Crippen molar-refractivity contribution in [3.05, 3.63) is 33.5 Å². The fraction of sp³-hybridized carbons (Fsp3) is 0.308. The van der Waals surface area contributed by atoms with Crippen molar-refractivity contribution < 1.29 is 4.74 Å². The van der Waals surface area contributed by atoms with E-state index in [0.29, 0.717) is 5.95 Å². The zero-order valence-corrected chi connectivity index (χ0v) is 13.7. The predicted octanol–water partition coefficient (Wildman–Crippen LogP) is 4.13. The summed E-state index contributed by atoms with van der Waals surface area (Å²) in [5.74, 6) is 0.340. The molecule has 0 aliphatic rings. The number of aromatic nitrogens is 3. The van der Waals surface area contributed by atoms with Crippen LogP contribution < -0.4 is 10.1 Å². The van der Waals surface area contributed by atoms with Crippen molar-refractivity contribution in [2.24, 2.45) is 0 Å². The fourth-order valence-electron chi connectivity index (χ4n) is 1.52. The molecule has 1 heterocycles. The lowest BCUT2D eigenvalue weighted by Gasteiger charge is -2.11. The maximum Gasteiger partial charge on any atom is 0.322 e. The van der Waals surface area contributed by atoms with Crippen LogP contribution in [-0.4, -0.2) is 21.1 Å². The van der Waals surface area contributed by atoms with E-state index in [-0.39, 0.29) is 17.4 Å². The highest BCUT2D eigenvalue weighted by atomic mass is 79.9. The highest BCUT2D eigenvalue weighted by molar-refractivity contribution is 9.10. The summed E-state index contributed by atoms with van der Waals surface area (Å²) in [5, 5.41) is 3.18. The second-order valence-electron chi connectivity index (χ2n) is 4.44. The first-order valence-corrected chi connectivity index (χ1v) is 7.23. The highest BCUT2D eigenvalue weighted by Gasteiger charge is 2.10. The minimum absolute atomic E-state index is 0.0352. The van der Waals surface area contributed by atoms with Crippen molar-refractivity contribution in [3.63, 3.8) is 0 Å². The molecule has 0 saturated heterocycles. The molecule has 0 radical (unpaired) electrons. The lowest BCUT2D eigenvalue weighted by Crippen LogP contribution is -2.10. The third-order valence-electron chi connectivity index (χ3n) is 2.37. The number of halogens is 2. The summed E-state index contributed by atoms with van der Waals surface area (Å²) >= 11 is 9.39. The maximum absolute atomic E-state index is 5.88. The molecule has 20 heavy (non-hydrogen) atoms. The van der Waals surface area contributed by atoms with Gasteiger partial charge in [0.1, 0.15) is 0 Å². The molecule has 1 N–H and O–H groups in total. The third-order valence-corrected chi connectivity index (χ3v) is 3.59. The predicted molar refractivity (Wildman–Crippen MR) is 82.8 cm³/mol. The first kappa shape index (κ1) is 15.0. The van der Waals surface area contributed by atoms with Crippen LogP contribution in [-0.2, 0) is 0 Å². The van der Waals surface area contributed by atoms with Gasteiger partial charge in [0.15, 0.2) is 0 Å². The summed E-state index contributed by atoms with van der Waals surface area (Å²) in [6, 6.07) is 6.06. The van der Waals surface area contributed by atoms with E-state index in [1.165, 1.54) is 0 Å². The monoisotopic (exact) mass is 356 g/mol. The lowest BCUT2D eigenvalue weighted by atomic mass is 10.2. The van der Waals surface area contributed by atoms with Crippen LogP contribution in [0.3, 0.4) is 0 Å². The van der Waals surface area contributed by atoms with Crippen molar-refractivity contribution in [3.8, 4) is 6.01 Å². The Labute approximate surface area is 130 Å². The number of benzene rings is 1. The van der Waals surface area contributed by atoms with Gasteiger partial charge in [0.25, 0.3) is 0 Å². The standard InChI is InChI=1S/C13H14BrClN4O/c1-7(2)20-13-18-11(15)17-12(19-13)16-9-6-4-5-8(3)10(9)14/h4-7H,1-3H3,(H,16,17,18,19). The first-order chi connectivity index (χ1) is 9.45. The molecule has 106 valence electrons. The van der Waals surface area contributed by atoms with Crippen LogP contribution in [0.5, 0.6) is 6.01 Å². The Morgan fingerprint density at radius 1 is 1.25 bits per heavy atom. The second-order valence-corrected chi connectivity index (χ2v) is 5.57. The van der Waals surface area contributed by atoms with E-state index >= 15 is 0 Å². The summed E-state index contributed by atoms with van der Waals surface area (Å²) in [6.07, 6.45) is -0.0352. The van der Waals surface area contributed by atoms with Gasteiger partial charge in [-0.1, -0.05) is 12.1 Å². The minimum Gasteiger partial charge on any atom is -0.461 e. The molecule has 0 aliphatic carbocycles. The molecule has 0 atom stereocenters. The fourth-order valence-corrected chi connectivity index (χ4v) is 2.03. The van der Waals surface area contributed by atoms with Gasteiger partial charge in [-0.3, -0.25) is 0 Å². The van der Waals surface area contributed by atoms with Crippen LogP contribution in [0.15, 0.2) is 22.7 Å². The van der Waals surface area contributed by atoms with E-state index in [2.05, 4.69) is 36.2 Å². The molecular formula is C13H14BrClN4O. The van der Waals surface area contributed by atoms with E-state index in [4.69, 9.17) is 16.3 Å². The van der Waals surface area contributed by atoms with E-state index in [1.54, 1.807) is 0 Å². The summed E-state index contributed by atoms with van der Waals surface area (Å²) in [7, 11) is 0. The van der Waals surface area contributed by atoms with Crippen LogP contribution in [0.1, 0.15) is 19.4 Å². The van der Waals surface area contributed by atoms with Crippen LogP contribution in [0.2, 0.25) is 5.28 Å². The Kier molecular flexibility index (Phi) is 4.77. The topological polar surface area (TPSA) is 59.9 Å². The number of aryl methyl sites for hydroxylation is 1. The zero-order chi connectivity index (χ0) is 14.7. The zero-order valence-electron chi connectivity index (χ0n) is 11.3. The molecule has 5 nitrogen and oxygen atoms in total. The largest absolute Gasteiger partial charge is 0.461 e. The molecule has 0 fully saturated rings. The van der Waals surface area contributed by atoms with Crippen molar-refractivity contribution in [2.45, 2.75) is 26.9 Å². The van der Waals surface area contributed by atoms with Crippen molar-refractivity contribution in [1.29, 1.82) is 0 Å². The molecule has 7 heteroatoms. The van der Waals surface area contributed by atoms with Gasteiger partial charge >= 0.3 is 6.01 Å². The number of hydrogen-bond donors (Lipinski definition) is 1. The molecule has 0 spiro atoms. The molecule has 1 aromatic carbocycles. The number of rotatable bonds is 4. The van der Waals surface area contributed by atoms with Crippen LogP contribution in [0.25, 0.3) is 0 Å². The average Bonchev–Trinajstić information content (AvgIpc) is 2.33. The molecule has 0 aliphatic heterocycles. The highest BCUT2D eigenvalue weighted by Crippen LogP contribution is 2.28. The van der Waals surface area contributed by atoms with E-state index in [0.717, 1.165) is 15.7 Å². The molecule has 0 unspecified atom stereocenters. The quantitative estimate of drug-likeness (QED) is 0.891.